The molecule has 0 aliphatic heterocycles. The molecule has 1 atom stereocenters. The normalized spacial score (nSPS) is 12.4. The Morgan fingerprint density at radius 3 is 2.30 bits per heavy atom. The van der Waals surface area contributed by atoms with Crippen LogP contribution in [0.2, 0.25) is 0 Å². The summed E-state index contributed by atoms with van der Waals surface area (Å²) in [5, 5.41) is 10.2. The van der Waals surface area contributed by atoms with E-state index >= 15 is 0 Å². The van der Waals surface area contributed by atoms with Crippen LogP contribution in [-0.4, -0.2) is 11.2 Å². The smallest absolute Gasteiger partial charge is 0.124 e. The standard InChI is InChI=1S/C17H18BrFO/c1-11-5-12(2)7-13(6-11)8-16(20)9-14-3-4-15(19)10-17(14)18/h3-7,10,16,20H,8-9H2,1-2H3. The van der Waals surface area contributed by atoms with E-state index in [1.807, 2.05) is 0 Å². The van der Waals surface area contributed by atoms with Crippen LogP contribution in [-0.2, 0) is 12.8 Å². The summed E-state index contributed by atoms with van der Waals surface area (Å²) < 4.78 is 13.7. The van der Waals surface area contributed by atoms with Crippen LogP contribution in [0, 0.1) is 19.7 Å². The third-order valence-corrected chi connectivity index (χ3v) is 3.96. The van der Waals surface area contributed by atoms with E-state index in [0.29, 0.717) is 17.3 Å². The highest BCUT2D eigenvalue weighted by Crippen LogP contribution is 2.21. The van der Waals surface area contributed by atoms with Crippen LogP contribution in [0.1, 0.15) is 22.3 Å². The lowest BCUT2D eigenvalue weighted by Crippen LogP contribution is -2.14. The van der Waals surface area contributed by atoms with Crippen LogP contribution in [0.25, 0.3) is 0 Å². The fourth-order valence-corrected chi connectivity index (χ4v) is 2.98. The van der Waals surface area contributed by atoms with Crippen molar-refractivity contribution in [2.45, 2.75) is 32.8 Å². The average Bonchev–Trinajstić information content (AvgIpc) is 2.31. The van der Waals surface area contributed by atoms with Gasteiger partial charge in [0.15, 0.2) is 0 Å². The summed E-state index contributed by atoms with van der Waals surface area (Å²) in [5.41, 5.74) is 4.46. The van der Waals surface area contributed by atoms with Gasteiger partial charge in [-0.15, -0.1) is 0 Å². The molecule has 0 saturated carbocycles. The monoisotopic (exact) mass is 336 g/mol. The van der Waals surface area contributed by atoms with Crippen molar-refractivity contribution in [3.8, 4) is 0 Å². The number of hydrogen-bond donors (Lipinski definition) is 1. The Morgan fingerprint density at radius 1 is 1.05 bits per heavy atom. The fourth-order valence-electron chi connectivity index (χ4n) is 2.47. The van der Waals surface area contributed by atoms with Crippen molar-refractivity contribution in [1.29, 1.82) is 0 Å². The van der Waals surface area contributed by atoms with Gasteiger partial charge in [-0.2, -0.15) is 0 Å². The Morgan fingerprint density at radius 2 is 1.70 bits per heavy atom. The second-order valence-corrected chi connectivity index (χ2v) is 6.15. The minimum atomic E-state index is -0.474. The van der Waals surface area contributed by atoms with Crippen LogP contribution >= 0.6 is 15.9 Å². The summed E-state index contributed by atoms with van der Waals surface area (Å²) in [6, 6.07) is 10.9. The SMILES string of the molecule is Cc1cc(C)cc(CC(O)Cc2ccc(F)cc2Br)c1. The third-order valence-electron chi connectivity index (χ3n) is 3.22. The highest BCUT2D eigenvalue weighted by atomic mass is 79.9. The fraction of sp³-hybridized carbons (Fsp3) is 0.294. The van der Waals surface area contributed by atoms with Gasteiger partial charge in [-0.25, -0.2) is 4.39 Å². The van der Waals surface area contributed by atoms with Crippen LogP contribution < -0.4 is 0 Å². The van der Waals surface area contributed by atoms with Crippen molar-refractivity contribution in [1.82, 2.24) is 0 Å². The zero-order chi connectivity index (χ0) is 14.7. The molecular weight excluding hydrogens is 319 g/mol. The van der Waals surface area contributed by atoms with E-state index in [2.05, 4.69) is 48.0 Å². The van der Waals surface area contributed by atoms with E-state index < -0.39 is 6.10 Å². The number of aliphatic hydroxyl groups is 1. The number of aliphatic hydroxyl groups excluding tert-OH is 1. The van der Waals surface area contributed by atoms with Gasteiger partial charge in [0.05, 0.1) is 6.10 Å². The largest absolute Gasteiger partial charge is 0.392 e. The topological polar surface area (TPSA) is 20.2 Å². The Kier molecular flexibility index (Phi) is 4.95. The average molecular weight is 337 g/mol. The van der Waals surface area contributed by atoms with E-state index in [1.54, 1.807) is 6.07 Å². The van der Waals surface area contributed by atoms with Gasteiger partial charge in [-0.3, -0.25) is 0 Å². The summed E-state index contributed by atoms with van der Waals surface area (Å²) in [6.45, 7) is 4.11. The minimum Gasteiger partial charge on any atom is -0.392 e. The first-order valence-electron chi connectivity index (χ1n) is 6.63. The predicted molar refractivity (Wildman–Crippen MR) is 83.4 cm³/mol. The van der Waals surface area contributed by atoms with Gasteiger partial charge < -0.3 is 5.11 Å². The molecule has 0 aliphatic carbocycles. The predicted octanol–water partition coefficient (Wildman–Crippen LogP) is 4.35. The second-order valence-electron chi connectivity index (χ2n) is 5.29. The first-order chi connectivity index (χ1) is 9.44. The molecule has 0 saturated heterocycles. The summed E-state index contributed by atoms with van der Waals surface area (Å²) in [7, 11) is 0. The first kappa shape index (κ1) is 15.2. The lowest BCUT2D eigenvalue weighted by Gasteiger charge is -2.13. The molecule has 1 unspecified atom stereocenters. The van der Waals surface area contributed by atoms with Gasteiger partial charge in [0.2, 0.25) is 0 Å². The zero-order valence-electron chi connectivity index (χ0n) is 11.7. The van der Waals surface area contributed by atoms with Crippen molar-refractivity contribution >= 4 is 15.9 Å². The number of hydrogen-bond acceptors (Lipinski definition) is 1. The maximum Gasteiger partial charge on any atom is 0.124 e. The third kappa shape index (κ3) is 4.15. The van der Waals surface area contributed by atoms with Gasteiger partial charge in [-0.05, 0) is 49.9 Å². The van der Waals surface area contributed by atoms with Crippen LogP contribution in [0.3, 0.4) is 0 Å². The van der Waals surface area contributed by atoms with Crippen molar-refractivity contribution in [2.75, 3.05) is 0 Å². The molecule has 0 spiro atoms. The van der Waals surface area contributed by atoms with Crippen molar-refractivity contribution in [3.05, 3.63) is 68.9 Å². The summed E-state index contributed by atoms with van der Waals surface area (Å²) in [6.07, 6.45) is 0.637. The molecule has 106 valence electrons. The second kappa shape index (κ2) is 6.51. The number of halogens is 2. The highest BCUT2D eigenvalue weighted by Gasteiger charge is 2.10. The van der Waals surface area contributed by atoms with Crippen LogP contribution in [0.4, 0.5) is 4.39 Å². The molecule has 2 aromatic rings. The first-order valence-corrected chi connectivity index (χ1v) is 7.42. The lowest BCUT2D eigenvalue weighted by molar-refractivity contribution is 0.175. The van der Waals surface area contributed by atoms with Gasteiger partial charge in [0.1, 0.15) is 5.82 Å². The molecule has 0 aromatic heterocycles. The van der Waals surface area contributed by atoms with Gasteiger partial charge >= 0.3 is 0 Å². The van der Waals surface area contributed by atoms with Crippen LogP contribution in [0.15, 0.2) is 40.9 Å². The molecule has 2 aromatic carbocycles. The maximum atomic E-state index is 13.0. The molecular formula is C17H18BrFO. The molecule has 1 nitrogen and oxygen atoms in total. The van der Waals surface area contributed by atoms with Gasteiger partial charge in [0.25, 0.3) is 0 Å². The summed E-state index contributed by atoms with van der Waals surface area (Å²) in [4.78, 5) is 0. The molecule has 20 heavy (non-hydrogen) atoms. The van der Waals surface area contributed by atoms with E-state index in [9.17, 15) is 9.50 Å². The highest BCUT2D eigenvalue weighted by molar-refractivity contribution is 9.10. The van der Waals surface area contributed by atoms with Crippen molar-refractivity contribution < 1.29 is 9.50 Å². The van der Waals surface area contributed by atoms with E-state index in [-0.39, 0.29) is 5.82 Å². The maximum absolute atomic E-state index is 13.0. The van der Waals surface area contributed by atoms with Crippen LogP contribution in [0.5, 0.6) is 0 Å². The molecule has 0 fully saturated rings. The molecule has 0 bridgehead atoms. The Hall–Kier alpha value is -1.19. The minimum absolute atomic E-state index is 0.274. The number of aryl methyl sites for hydroxylation is 2. The molecule has 0 amide bonds. The van der Waals surface area contributed by atoms with E-state index in [1.165, 1.54) is 23.3 Å². The summed E-state index contributed by atoms with van der Waals surface area (Å²) in [5.74, 6) is -0.274. The summed E-state index contributed by atoms with van der Waals surface area (Å²) >= 11 is 3.33. The Balaban J connectivity index is 2.06. The molecule has 2 rings (SSSR count). The van der Waals surface area contributed by atoms with E-state index in [0.717, 1.165) is 11.1 Å². The molecule has 0 radical (unpaired) electrons. The van der Waals surface area contributed by atoms with Gasteiger partial charge in [0, 0.05) is 4.47 Å². The van der Waals surface area contributed by atoms with Gasteiger partial charge in [-0.1, -0.05) is 51.3 Å². The molecule has 1 N–H and O–H groups in total. The molecule has 3 heteroatoms. The molecule has 0 heterocycles. The number of rotatable bonds is 4. The molecule has 0 aliphatic rings. The van der Waals surface area contributed by atoms with Crippen molar-refractivity contribution in [3.63, 3.8) is 0 Å². The Labute approximate surface area is 127 Å². The zero-order valence-corrected chi connectivity index (χ0v) is 13.2. The number of benzene rings is 2. The van der Waals surface area contributed by atoms with Crippen molar-refractivity contribution in [2.24, 2.45) is 0 Å². The lowest BCUT2D eigenvalue weighted by atomic mass is 9.98. The van der Waals surface area contributed by atoms with E-state index in [4.69, 9.17) is 0 Å². The Bertz CT molecular complexity index is 590. The quantitative estimate of drug-likeness (QED) is 0.879.